The van der Waals surface area contributed by atoms with Crippen molar-refractivity contribution in [3.63, 3.8) is 0 Å². The maximum absolute atomic E-state index is 11.9. The summed E-state index contributed by atoms with van der Waals surface area (Å²) in [5.41, 5.74) is 2.01. The van der Waals surface area contributed by atoms with Crippen molar-refractivity contribution >= 4 is 11.7 Å². The lowest BCUT2D eigenvalue weighted by atomic mass is 9.48. The van der Waals surface area contributed by atoms with Crippen molar-refractivity contribution in [3.05, 3.63) is 36.5 Å². The van der Waals surface area contributed by atoms with E-state index in [9.17, 15) is 4.79 Å². The molecule has 1 heterocycles. The Kier molecular flexibility index (Phi) is 3.45. The van der Waals surface area contributed by atoms with Gasteiger partial charge in [-0.25, -0.2) is 4.79 Å². The van der Waals surface area contributed by atoms with E-state index < -0.39 is 0 Å². The van der Waals surface area contributed by atoms with Gasteiger partial charge in [0.15, 0.2) is 0 Å². The van der Waals surface area contributed by atoms with E-state index in [2.05, 4.69) is 31.7 Å². The zero-order chi connectivity index (χ0) is 18.1. The van der Waals surface area contributed by atoms with Gasteiger partial charge in [0, 0.05) is 17.2 Å². The van der Waals surface area contributed by atoms with Gasteiger partial charge in [-0.1, -0.05) is 18.6 Å². The van der Waals surface area contributed by atoms with Crippen molar-refractivity contribution in [2.75, 3.05) is 0 Å². The first kappa shape index (κ1) is 16.5. The van der Waals surface area contributed by atoms with Crippen molar-refractivity contribution < 1.29 is 9.53 Å². The van der Waals surface area contributed by atoms with E-state index in [0.717, 1.165) is 44.2 Å². The van der Waals surface area contributed by atoms with Gasteiger partial charge in [0.05, 0.1) is 0 Å². The summed E-state index contributed by atoms with van der Waals surface area (Å²) in [5.74, 6) is 2.95. The van der Waals surface area contributed by atoms with Crippen LogP contribution in [0.3, 0.4) is 0 Å². The number of ether oxygens (including phenoxy) is 1. The summed E-state index contributed by atoms with van der Waals surface area (Å²) >= 11 is 0. The van der Waals surface area contributed by atoms with Gasteiger partial charge in [0.25, 0.3) is 0 Å². The monoisotopic (exact) mass is 351 g/mol. The van der Waals surface area contributed by atoms with Crippen LogP contribution in [-0.2, 0) is 9.53 Å². The van der Waals surface area contributed by atoms with Crippen LogP contribution in [0.2, 0.25) is 0 Å². The highest BCUT2D eigenvalue weighted by molar-refractivity contribution is 5.93. The normalized spacial score (nSPS) is 49.3. The first-order valence-electron chi connectivity index (χ1n) is 10.3. The third-order valence-electron chi connectivity index (χ3n) is 8.69. The van der Waals surface area contributed by atoms with E-state index in [1.807, 2.05) is 0 Å². The Bertz CT molecular complexity index is 749. The van der Waals surface area contributed by atoms with Crippen LogP contribution in [0.25, 0.3) is 0 Å². The van der Waals surface area contributed by atoms with E-state index in [1.165, 1.54) is 12.0 Å². The molecule has 0 aromatic rings. The summed E-state index contributed by atoms with van der Waals surface area (Å²) < 4.78 is 5.94. The lowest BCUT2D eigenvalue weighted by Gasteiger charge is -2.57. The van der Waals surface area contributed by atoms with Gasteiger partial charge < -0.3 is 10.1 Å². The molecule has 3 saturated carbocycles. The fraction of sp³-hybridized carbons (Fsp3) is 0.652. The van der Waals surface area contributed by atoms with E-state index in [1.54, 1.807) is 6.08 Å². The Balaban J connectivity index is 1.53. The second kappa shape index (κ2) is 5.43. The quantitative estimate of drug-likeness (QED) is 0.543. The van der Waals surface area contributed by atoms with E-state index in [0.29, 0.717) is 29.6 Å². The molecule has 1 spiro atoms. The van der Waals surface area contributed by atoms with Crippen molar-refractivity contribution in [1.82, 2.24) is 0 Å². The Hall–Kier alpha value is -1.64. The Labute approximate surface area is 156 Å². The molecule has 0 aromatic heterocycles. The Morgan fingerprint density at radius 3 is 2.88 bits per heavy atom. The first-order valence-corrected chi connectivity index (χ1v) is 10.3. The van der Waals surface area contributed by atoms with Crippen LogP contribution in [0.15, 0.2) is 36.5 Å². The van der Waals surface area contributed by atoms with Crippen molar-refractivity contribution in [3.8, 4) is 0 Å². The van der Waals surface area contributed by atoms with Crippen molar-refractivity contribution in [1.29, 1.82) is 5.41 Å². The molecule has 138 valence electrons. The molecule has 3 heteroatoms. The topological polar surface area (TPSA) is 50.2 Å². The second-order valence-electron chi connectivity index (χ2n) is 9.48. The highest BCUT2D eigenvalue weighted by Crippen LogP contribution is 2.67. The molecule has 1 aliphatic heterocycles. The summed E-state index contributed by atoms with van der Waals surface area (Å²) in [7, 11) is 0. The molecule has 0 radical (unpaired) electrons. The second-order valence-corrected chi connectivity index (χ2v) is 9.48. The molecule has 1 N–H and O–H groups in total. The molecule has 3 nitrogen and oxygen atoms in total. The minimum Gasteiger partial charge on any atom is -0.451 e. The van der Waals surface area contributed by atoms with E-state index in [-0.39, 0.29) is 17.0 Å². The third-order valence-corrected chi connectivity index (χ3v) is 8.69. The van der Waals surface area contributed by atoms with Crippen LogP contribution in [0.5, 0.6) is 0 Å². The molecule has 5 aliphatic rings. The van der Waals surface area contributed by atoms with Gasteiger partial charge >= 0.3 is 5.97 Å². The third kappa shape index (κ3) is 2.00. The van der Waals surface area contributed by atoms with Gasteiger partial charge in [-0.05, 0) is 86.7 Å². The maximum atomic E-state index is 11.9. The smallest absolute Gasteiger partial charge is 0.331 e. The number of carbonyl (C=O) groups is 1. The summed E-state index contributed by atoms with van der Waals surface area (Å²) in [6, 6.07) is 0. The van der Waals surface area contributed by atoms with Crippen LogP contribution in [0.1, 0.15) is 51.9 Å². The predicted octanol–water partition coefficient (Wildman–Crippen LogP) is 4.84. The standard InChI is InChI=1S/C23H29NO2/c1-3-14-12-15-13-16(24)4-5-17(15)18-6-9-22(2)19(21(14)18)7-10-23(22)11-8-20(25)26-23/h3,8,11,13-14,17-19,21,24H,1,4-7,9-10,12H2,2H3/t14?,17-,18?,19?,21?,22-,23+/m0/s1. The maximum Gasteiger partial charge on any atom is 0.331 e. The van der Waals surface area contributed by atoms with Crippen LogP contribution < -0.4 is 0 Å². The molecule has 0 aromatic carbocycles. The fourth-order valence-electron chi connectivity index (χ4n) is 7.48. The molecule has 7 atom stereocenters. The van der Waals surface area contributed by atoms with Gasteiger partial charge in [0.2, 0.25) is 0 Å². The van der Waals surface area contributed by atoms with Gasteiger partial charge in [-0.3, -0.25) is 0 Å². The number of rotatable bonds is 1. The molecular formula is C23H29NO2. The largest absolute Gasteiger partial charge is 0.451 e. The number of hydrogen-bond acceptors (Lipinski definition) is 3. The van der Waals surface area contributed by atoms with Crippen LogP contribution in [0, 0.1) is 40.4 Å². The number of nitrogens with one attached hydrogen (secondary N) is 1. The van der Waals surface area contributed by atoms with Crippen LogP contribution in [-0.4, -0.2) is 17.3 Å². The summed E-state index contributed by atoms with van der Waals surface area (Å²) in [6.07, 6.45) is 15.7. The lowest BCUT2D eigenvalue weighted by Crippen LogP contribution is -2.54. The Morgan fingerprint density at radius 2 is 2.15 bits per heavy atom. The summed E-state index contributed by atoms with van der Waals surface area (Å²) in [6.45, 7) is 6.57. The molecule has 0 amide bonds. The Morgan fingerprint density at radius 1 is 1.31 bits per heavy atom. The number of fused-ring (bicyclic) bond motifs is 6. The van der Waals surface area contributed by atoms with Crippen LogP contribution in [0.4, 0.5) is 0 Å². The van der Waals surface area contributed by atoms with E-state index >= 15 is 0 Å². The summed E-state index contributed by atoms with van der Waals surface area (Å²) in [4.78, 5) is 11.9. The number of allylic oxidation sites excluding steroid dienone is 3. The zero-order valence-corrected chi connectivity index (χ0v) is 15.7. The minimum absolute atomic E-state index is 0.0562. The van der Waals surface area contributed by atoms with Crippen molar-refractivity contribution in [2.24, 2.45) is 35.0 Å². The van der Waals surface area contributed by atoms with Gasteiger partial charge in [0.1, 0.15) is 5.60 Å². The highest BCUT2D eigenvalue weighted by atomic mass is 16.6. The molecule has 0 bridgehead atoms. The molecule has 4 aliphatic carbocycles. The number of hydrogen-bond donors (Lipinski definition) is 1. The van der Waals surface area contributed by atoms with Gasteiger partial charge in [-0.15, -0.1) is 6.58 Å². The average molecular weight is 351 g/mol. The van der Waals surface area contributed by atoms with Crippen molar-refractivity contribution in [2.45, 2.75) is 57.5 Å². The van der Waals surface area contributed by atoms with E-state index in [4.69, 9.17) is 10.1 Å². The molecule has 5 rings (SSSR count). The molecular weight excluding hydrogens is 322 g/mol. The first-order chi connectivity index (χ1) is 12.5. The molecule has 3 fully saturated rings. The molecule has 26 heavy (non-hydrogen) atoms. The minimum atomic E-state index is -0.365. The molecule has 0 saturated heterocycles. The highest BCUT2D eigenvalue weighted by Gasteiger charge is 2.65. The fourth-order valence-corrected chi connectivity index (χ4v) is 7.48. The summed E-state index contributed by atoms with van der Waals surface area (Å²) in [5, 5.41) is 8.09. The number of carbonyl (C=O) groups excluding carboxylic acids is 1. The number of esters is 1. The van der Waals surface area contributed by atoms with Gasteiger partial charge in [-0.2, -0.15) is 0 Å². The lowest BCUT2D eigenvalue weighted by molar-refractivity contribution is -0.162. The predicted molar refractivity (Wildman–Crippen MR) is 102 cm³/mol. The zero-order valence-electron chi connectivity index (χ0n) is 15.7. The average Bonchev–Trinajstić information content (AvgIpc) is 3.14. The SMILES string of the molecule is C=CC1CC2=CC(=N)CC[C@@H]2C2CC[C@@]3(C)C(CC[C@@]34C=CC(=O)O4)C12. The van der Waals surface area contributed by atoms with Crippen LogP contribution >= 0.6 is 0 Å². The molecule has 4 unspecified atom stereocenters.